The molecule has 0 heterocycles. The van der Waals surface area contributed by atoms with Crippen molar-refractivity contribution in [2.24, 2.45) is 5.41 Å². The van der Waals surface area contributed by atoms with E-state index in [-0.39, 0.29) is 17.7 Å². The highest BCUT2D eigenvalue weighted by atomic mass is 19.2. The van der Waals surface area contributed by atoms with Gasteiger partial charge in [-0.25, -0.2) is 13.6 Å². The van der Waals surface area contributed by atoms with Crippen LogP contribution < -0.4 is 10.6 Å². The summed E-state index contributed by atoms with van der Waals surface area (Å²) in [6.45, 7) is 0.341. The number of urea groups is 1. The number of rotatable bonds is 4. The third kappa shape index (κ3) is 2.76. The predicted octanol–water partition coefficient (Wildman–Crippen LogP) is 1.86. The van der Waals surface area contributed by atoms with Crippen molar-refractivity contribution < 1.29 is 18.7 Å². The number of benzene rings is 1. The van der Waals surface area contributed by atoms with Gasteiger partial charge in [0, 0.05) is 12.0 Å². The standard InChI is InChI=1S/C12H14F2N2O2/c13-8-2-1-3-9(10(8)14)16-11(18)15-6-12(7-17)4-5-12/h1-3,17H,4-7H2,(H2,15,16,18). The van der Waals surface area contributed by atoms with Crippen molar-refractivity contribution in [3.05, 3.63) is 29.8 Å². The fourth-order valence-electron chi connectivity index (χ4n) is 1.60. The third-order valence-corrected chi connectivity index (χ3v) is 3.12. The quantitative estimate of drug-likeness (QED) is 0.770. The van der Waals surface area contributed by atoms with Crippen LogP contribution in [0.3, 0.4) is 0 Å². The maximum absolute atomic E-state index is 13.3. The first-order valence-corrected chi connectivity index (χ1v) is 5.66. The average molecular weight is 256 g/mol. The summed E-state index contributed by atoms with van der Waals surface area (Å²) < 4.78 is 26.1. The normalized spacial score (nSPS) is 16.2. The smallest absolute Gasteiger partial charge is 0.319 e. The van der Waals surface area contributed by atoms with E-state index in [9.17, 15) is 13.6 Å². The van der Waals surface area contributed by atoms with E-state index in [2.05, 4.69) is 10.6 Å². The van der Waals surface area contributed by atoms with Crippen LogP contribution in [-0.4, -0.2) is 24.3 Å². The Morgan fingerprint density at radius 3 is 2.72 bits per heavy atom. The minimum Gasteiger partial charge on any atom is -0.396 e. The first kappa shape index (κ1) is 12.8. The molecule has 1 aromatic rings. The van der Waals surface area contributed by atoms with Crippen LogP contribution in [0.1, 0.15) is 12.8 Å². The number of carbonyl (C=O) groups is 1. The summed E-state index contributed by atoms with van der Waals surface area (Å²) in [6, 6.07) is 2.95. The first-order valence-electron chi connectivity index (χ1n) is 5.66. The van der Waals surface area contributed by atoms with E-state index in [4.69, 9.17) is 5.11 Å². The Morgan fingerprint density at radius 2 is 2.11 bits per heavy atom. The summed E-state index contributed by atoms with van der Waals surface area (Å²) in [5.74, 6) is -2.10. The molecule has 0 spiro atoms. The number of halogens is 2. The zero-order chi connectivity index (χ0) is 13.2. The Hall–Kier alpha value is -1.69. The van der Waals surface area contributed by atoms with Gasteiger partial charge in [0.15, 0.2) is 11.6 Å². The van der Waals surface area contributed by atoms with Crippen molar-refractivity contribution in [3.63, 3.8) is 0 Å². The lowest BCUT2D eigenvalue weighted by atomic mass is 10.1. The monoisotopic (exact) mass is 256 g/mol. The molecule has 0 radical (unpaired) electrons. The highest BCUT2D eigenvalue weighted by Gasteiger charge is 2.42. The summed E-state index contributed by atoms with van der Waals surface area (Å²) in [4.78, 5) is 11.5. The van der Waals surface area contributed by atoms with Gasteiger partial charge in [0.1, 0.15) is 0 Å². The van der Waals surface area contributed by atoms with Crippen LogP contribution >= 0.6 is 0 Å². The zero-order valence-electron chi connectivity index (χ0n) is 9.67. The van der Waals surface area contributed by atoms with Gasteiger partial charge in [-0.1, -0.05) is 6.07 Å². The number of hydrogen-bond acceptors (Lipinski definition) is 2. The van der Waals surface area contributed by atoms with Gasteiger partial charge >= 0.3 is 6.03 Å². The molecule has 18 heavy (non-hydrogen) atoms. The van der Waals surface area contributed by atoms with Gasteiger partial charge in [0.2, 0.25) is 0 Å². The Labute approximate surface area is 103 Å². The molecule has 0 atom stereocenters. The lowest BCUT2D eigenvalue weighted by molar-refractivity contribution is 0.206. The molecule has 6 heteroatoms. The van der Waals surface area contributed by atoms with Crippen molar-refractivity contribution >= 4 is 11.7 Å². The molecule has 4 nitrogen and oxygen atoms in total. The maximum Gasteiger partial charge on any atom is 0.319 e. The number of hydrogen-bond donors (Lipinski definition) is 3. The van der Waals surface area contributed by atoms with E-state index < -0.39 is 17.7 Å². The zero-order valence-corrected chi connectivity index (χ0v) is 9.67. The van der Waals surface area contributed by atoms with Crippen LogP contribution in [0, 0.1) is 17.0 Å². The van der Waals surface area contributed by atoms with Gasteiger partial charge < -0.3 is 15.7 Å². The average Bonchev–Trinajstić information content (AvgIpc) is 3.13. The van der Waals surface area contributed by atoms with Gasteiger partial charge in [-0.15, -0.1) is 0 Å². The Balaban J connectivity index is 1.89. The molecule has 1 fully saturated rings. The molecule has 2 amide bonds. The van der Waals surface area contributed by atoms with Gasteiger partial charge in [-0.3, -0.25) is 0 Å². The van der Waals surface area contributed by atoms with Crippen molar-refractivity contribution in [1.82, 2.24) is 5.32 Å². The molecule has 3 N–H and O–H groups in total. The van der Waals surface area contributed by atoms with Gasteiger partial charge in [-0.05, 0) is 25.0 Å². The Morgan fingerprint density at radius 1 is 1.39 bits per heavy atom. The van der Waals surface area contributed by atoms with Crippen molar-refractivity contribution in [2.45, 2.75) is 12.8 Å². The Bertz CT molecular complexity index is 461. The fraction of sp³-hybridized carbons (Fsp3) is 0.417. The molecule has 1 saturated carbocycles. The van der Waals surface area contributed by atoms with Crippen LogP contribution in [0.2, 0.25) is 0 Å². The SMILES string of the molecule is O=C(NCC1(CO)CC1)Nc1cccc(F)c1F. The predicted molar refractivity (Wildman–Crippen MR) is 62.1 cm³/mol. The molecule has 0 unspecified atom stereocenters. The molecule has 1 aliphatic rings. The summed E-state index contributed by atoms with van der Waals surface area (Å²) in [7, 11) is 0. The number of aliphatic hydroxyl groups is 1. The summed E-state index contributed by atoms with van der Waals surface area (Å²) >= 11 is 0. The fourth-order valence-corrected chi connectivity index (χ4v) is 1.60. The number of nitrogens with one attached hydrogen (secondary N) is 2. The second-order valence-corrected chi connectivity index (χ2v) is 4.57. The second-order valence-electron chi connectivity index (χ2n) is 4.57. The van der Waals surface area contributed by atoms with Crippen LogP contribution in [0.5, 0.6) is 0 Å². The number of amides is 2. The summed E-state index contributed by atoms with van der Waals surface area (Å²) in [6.07, 6.45) is 1.72. The minimum atomic E-state index is -1.09. The highest BCUT2D eigenvalue weighted by Crippen LogP contribution is 2.44. The van der Waals surface area contributed by atoms with Crippen molar-refractivity contribution in [2.75, 3.05) is 18.5 Å². The van der Waals surface area contributed by atoms with Crippen LogP contribution in [-0.2, 0) is 0 Å². The topological polar surface area (TPSA) is 61.4 Å². The second kappa shape index (κ2) is 4.89. The molecule has 1 aromatic carbocycles. The summed E-state index contributed by atoms with van der Waals surface area (Å²) in [5, 5.41) is 13.8. The lowest BCUT2D eigenvalue weighted by Crippen LogP contribution is -2.35. The molecule has 1 aliphatic carbocycles. The van der Waals surface area contributed by atoms with Crippen LogP contribution in [0.15, 0.2) is 18.2 Å². The molecule has 0 saturated heterocycles. The van der Waals surface area contributed by atoms with E-state index in [0.29, 0.717) is 6.54 Å². The summed E-state index contributed by atoms with van der Waals surface area (Å²) in [5.41, 5.74) is -0.431. The van der Waals surface area contributed by atoms with E-state index in [1.807, 2.05) is 0 Å². The highest BCUT2D eigenvalue weighted by molar-refractivity contribution is 5.89. The van der Waals surface area contributed by atoms with E-state index >= 15 is 0 Å². The van der Waals surface area contributed by atoms with E-state index in [1.54, 1.807) is 0 Å². The van der Waals surface area contributed by atoms with Gasteiger partial charge in [0.05, 0.1) is 12.3 Å². The molecule has 0 bridgehead atoms. The van der Waals surface area contributed by atoms with Gasteiger partial charge in [0.25, 0.3) is 0 Å². The largest absolute Gasteiger partial charge is 0.396 e. The lowest BCUT2D eigenvalue weighted by Gasteiger charge is -2.13. The van der Waals surface area contributed by atoms with Gasteiger partial charge in [-0.2, -0.15) is 0 Å². The number of anilines is 1. The third-order valence-electron chi connectivity index (χ3n) is 3.12. The van der Waals surface area contributed by atoms with E-state index in [0.717, 1.165) is 18.9 Å². The minimum absolute atomic E-state index is 0.0155. The molecular formula is C12H14F2N2O2. The molecule has 98 valence electrons. The van der Waals surface area contributed by atoms with Crippen LogP contribution in [0.4, 0.5) is 19.3 Å². The number of carbonyl (C=O) groups excluding carboxylic acids is 1. The van der Waals surface area contributed by atoms with E-state index in [1.165, 1.54) is 12.1 Å². The number of aliphatic hydroxyl groups excluding tert-OH is 1. The molecule has 0 aliphatic heterocycles. The first-order chi connectivity index (χ1) is 8.56. The Kier molecular flexibility index (Phi) is 3.47. The molecule has 0 aromatic heterocycles. The molecule has 2 rings (SSSR count). The maximum atomic E-state index is 13.3. The molecular weight excluding hydrogens is 242 g/mol. The van der Waals surface area contributed by atoms with Crippen molar-refractivity contribution in [1.29, 1.82) is 0 Å². The van der Waals surface area contributed by atoms with Crippen LogP contribution in [0.25, 0.3) is 0 Å². The van der Waals surface area contributed by atoms with Crippen molar-refractivity contribution in [3.8, 4) is 0 Å².